The van der Waals surface area contributed by atoms with Crippen LogP contribution in [0.5, 0.6) is 0 Å². The number of carboxylic acids is 1. The molecular formula is C19H25NO3. The first kappa shape index (κ1) is 16.0. The Morgan fingerprint density at radius 2 is 1.57 bits per heavy atom. The van der Waals surface area contributed by atoms with Gasteiger partial charge in [-0.2, -0.15) is 0 Å². The molecule has 1 aromatic carbocycles. The molecule has 4 nitrogen and oxygen atoms in total. The van der Waals surface area contributed by atoms with E-state index in [2.05, 4.69) is 29.6 Å². The second kappa shape index (κ2) is 7.16. The summed E-state index contributed by atoms with van der Waals surface area (Å²) < 4.78 is 0. The van der Waals surface area contributed by atoms with Crippen molar-refractivity contribution in [3.63, 3.8) is 0 Å². The number of aliphatic carboxylic acids is 1. The van der Waals surface area contributed by atoms with Crippen molar-refractivity contribution in [1.29, 1.82) is 0 Å². The molecule has 2 aliphatic rings. The maximum Gasteiger partial charge on any atom is 0.306 e. The summed E-state index contributed by atoms with van der Waals surface area (Å²) in [6, 6.07) is 10.6. The van der Waals surface area contributed by atoms with Crippen molar-refractivity contribution in [2.24, 2.45) is 11.8 Å². The van der Waals surface area contributed by atoms with Crippen molar-refractivity contribution in [2.75, 3.05) is 0 Å². The zero-order chi connectivity index (χ0) is 16.2. The number of hydrogen-bond acceptors (Lipinski definition) is 2. The lowest BCUT2D eigenvalue weighted by molar-refractivity contribution is -0.141. The van der Waals surface area contributed by atoms with Gasteiger partial charge in [-0.15, -0.1) is 0 Å². The summed E-state index contributed by atoms with van der Waals surface area (Å²) in [5.41, 5.74) is 1.38. The summed E-state index contributed by atoms with van der Waals surface area (Å²) in [5, 5.41) is 12.1. The zero-order valence-corrected chi connectivity index (χ0v) is 13.4. The molecule has 23 heavy (non-hydrogen) atoms. The summed E-state index contributed by atoms with van der Waals surface area (Å²) >= 11 is 0. The Labute approximate surface area is 137 Å². The smallest absolute Gasteiger partial charge is 0.306 e. The van der Waals surface area contributed by atoms with Gasteiger partial charge in [-0.05, 0) is 56.4 Å². The summed E-state index contributed by atoms with van der Waals surface area (Å²) in [5.74, 6) is -0.214. The van der Waals surface area contributed by atoms with Crippen LogP contribution in [-0.2, 0) is 9.59 Å². The predicted molar refractivity (Wildman–Crippen MR) is 88.0 cm³/mol. The van der Waals surface area contributed by atoms with E-state index in [0.717, 1.165) is 32.1 Å². The molecule has 2 saturated carbocycles. The second-order valence-corrected chi connectivity index (χ2v) is 7.01. The molecule has 2 N–H and O–H groups in total. The number of carboxylic acid groups (broad SMARTS) is 1. The Hall–Kier alpha value is -1.84. The Morgan fingerprint density at radius 1 is 0.913 bits per heavy atom. The largest absolute Gasteiger partial charge is 0.481 e. The standard InChI is InChI=1S/C19H25NO3/c21-18(20-17-11-10-16(12-17)19(22)23)15-8-6-14(7-9-15)13-4-2-1-3-5-13/h1-5,14-17H,6-12H2,(H,20,21)(H,22,23)/t14?,15?,16-,17+/m0/s1. The third-order valence-electron chi connectivity index (χ3n) is 5.50. The van der Waals surface area contributed by atoms with Crippen molar-refractivity contribution in [1.82, 2.24) is 5.32 Å². The lowest BCUT2D eigenvalue weighted by Gasteiger charge is -2.29. The van der Waals surface area contributed by atoms with E-state index in [1.165, 1.54) is 5.56 Å². The van der Waals surface area contributed by atoms with Crippen LogP contribution >= 0.6 is 0 Å². The fourth-order valence-electron chi connectivity index (χ4n) is 4.07. The molecule has 2 fully saturated rings. The highest BCUT2D eigenvalue weighted by atomic mass is 16.4. The molecule has 2 atom stereocenters. The molecule has 2 aliphatic carbocycles. The minimum Gasteiger partial charge on any atom is -0.481 e. The monoisotopic (exact) mass is 315 g/mol. The first-order chi connectivity index (χ1) is 11.1. The third kappa shape index (κ3) is 3.92. The van der Waals surface area contributed by atoms with Crippen molar-refractivity contribution in [3.8, 4) is 0 Å². The van der Waals surface area contributed by atoms with Gasteiger partial charge < -0.3 is 10.4 Å². The second-order valence-electron chi connectivity index (χ2n) is 7.01. The minimum absolute atomic E-state index is 0.0513. The van der Waals surface area contributed by atoms with Gasteiger partial charge >= 0.3 is 5.97 Å². The summed E-state index contributed by atoms with van der Waals surface area (Å²) in [4.78, 5) is 23.4. The Kier molecular flexibility index (Phi) is 4.99. The van der Waals surface area contributed by atoms with Gasteiger partial charge in [0.15, 0.2) is 0 Å². The molecule has 0 heterocycles. The molecule has 0 radical (unpaired) electrons. The summed E-state index contributed by atoms with van der Waals surface area (Å²) in [6.07, 6.45) is 6.04. The third-order valence-corrected chi connectivity index (χ3v) is 5.50. The number of carbonyl (C=O) groups is 2. The molecule has 0 saturated heterocycles. The van der Waals surface area contributed by atoms with Crippen LogP contribution in [-0.4, -0.2) is 23.0 Å². The highest BCUT2D eigenvalue weighted by Crippen LogP contribution is 2.36. The molecule has 0 aromatic heterocycles. The van der Waals surface area contributed by atoms with Crippen LogP contribution < -0.4 is 5.32 Å². The maximum atomic E-state index is 12.4. The molecule has 3 rings (SSSR count). The van der Waals surface area contributed by atoms with E-state index < -0.39 is 5.97 Å². The lowest BCUT2D eigenvalue weighted by Crippen LogP contribution is -2.39. The Morgan fingerprint density at radius 3 is 2.17 bits per heavy atom. The molecule has 1 amide bonds. The highest BCUT2D eigenvalue weighted by Gasteiger charge is 2.33. The lowest BCUT2D eigenvalue weighted by atomic mass is 9.78. The average molecular weight is 315 g/mol. The van der Waals surface area contributed by atoms with E-state index >= 15 is 0 Å². The Bertz CT molecular complexity index is 549. The van der Waals surface area contributed by atoms with E-state index in [1.54, 1.807) is 0 Å². The van der Waals surface area contributed by atoms with Gasteiger partial charge in [-0.25, -0.2) is 0 Å². The fraction of sp³-hybridized carbons (Fsp3) is 0.579. The van der Waals surface area contributed by atoms with E-state index in [9.17, 15) is 9.59 Å². The number of amides is 1. The minimum atomic E-state index is -0.731. The molecule has 0 bridgehead atoms. The average Bonchev–Trinajstić information content (AvgIpc) is 3.04. The van der Waals surface area contributed by atoms with Crippen LogP contribution in [0.4, 0.5) is 0 Å². The maximum absolute atomic E-state index is 12.4. The normalized spacial score (nSPS) is 30.8. The van der Waals surface area contributed by atoms with Crippen LogP contribution in [0, 0.1) is 11.8 Å². The van der Waals surface area contributed by atoms with Crippen LogP contribution in [0.3, 0.4) is 0 Å². The molecule has 1 aromatic rings. The number of benzene rings is 1. The first-order valence-corrected chi connectivity index (χ1v) is 8.71. The summed E-state index contributed by atoms with van der Waals surface area (Å²) in [7, 11) is 0. The number of nitrogens with one attached hydrogen (secondary N) is 1. The van der Waals surface area contributed by atoms with E-state index in [0.29, 0.717) is 18.8 Å². The van der Waals surface area contributed by atoms with Gasteiger partial charge in [0.05, 0.1) is 5.92 Å². The van der Waals surface area contributed by atoms with E-state index in [4.69, 9.17) is 5.11 Å². The van der Waals surface area contributed by atoms with E-state index in [1.807, 2.05) is 6.07 Å². The number of hydrogen-bond donors (Lipinski definition) is 2. The number of rotatable bonds is 4. The van der Waals surface area contributed by atoms with Crippen LogP contribution in [0.25, 0.3) is 0 Å². The zero-order valence-electron chi connectivity index (χ0n) is 13.4. The van der Waals surface area contributed by atoms with Crippen LogP contribution in [0.2, 0.25) is 0 Å². The molecule has 0 aliphatic heterocycles. The van der Waals surface area contributed by atoms with Gasteiger partial charge in [-0.1, -0.05) is 30.3 Å². The van der Waals surface area contributed by atoms with Gasteiger partial charge in [0.1, 0.15) is 0 Å². The molecular weight excluding hydrogens is 290 g/mol. The van der Waals surface area contributed by atoms with Gasteiger partial charge in [-0.3, -0.25) is 9.59 Å². The van der Waals surface area contributed by atoms with Crippen LogP contribution in [0.15, 0.2) is 30.3 Å². The van der Waals surface area contributed by atoms with Crippen molar-refractivity contribution < 1.29 is 14.7 Å². The van der Waals surface area contributed by atoms with Crippen molar-refractivity contribution in [3.05, 3.63) is 35.9 Å². The quantitative estimate of drug-likeness (QED) is 0.895. The van der Waals surface area contributed by atoms with Crippen molar-refractivity contribution >= 4 is 11.9 Å². The highest BCUT2D eigenvalue weighted by molar-refractivity contribution is 5.79. The topological polar surface area (TPSA) is 66.4 Å². The number of carbonyl (C=O) groups excluding carboxylic acids is 1. The fourth-order valence-corrected chi connectivity index (χ4v) is 4.07. The predicted octanol–water partition coefficient (Wildman–Crippen LogP) is 3.33. The molecule has 4 heteroatoms. The van der Waals surface area contributed by atoms with Gasteiger partial charge in [0.25, 0.3) is 0 Å². The molecule has 0 spiro atoms. The molecule has 0 unspecified atom stereocenters. The van der Waals surface area contributed by atoms with Crippen molar-refractivity contribution in [2.45, 2.75) is 56.9 Å². The first-order valence-electron chi connectivity index (χ1n) is 8.71. The molecule has 124 valence electrons. The SMILES string of the molecule is O=C(N[C@@H]1CC[C@H](C(=O)O)C1)C1CCC(c2ccccc2)CC1. The van der Waals surface area contributed by atoms with Gasteiger partial charge in [0.2, 0.25) is 5.91 Å². The van der Waals surface area contributed by atoms with Crippen LogP contribution in [0.1, 0.15) is 56.4 Å². The Balaban J connectivity index is 1.46. The summed E-state index contributed by atoms with van der Waals surface area (Å²) in [6.45, 7) is 0. The van der Waals surface area contributed by atoms with E-state index in [-0.39, 0.29) is 23.8 Å². The van der Waals surface area contributed by atoms with Gasteiger partial charge in [0, 0.05) is 12.0 Å².